The number of primary amides is 1. The topological polar surface area (TPSA) is 84.2 Å². The number of piperidine rings is 1. The number of thiophene rings is 1. The van der Waals surface area contributed by atoms with E-state index in [0.717, 1.165) is 19.5 Å². The molecule has 0 aliphatic carbocycles. The van der Waals surface area contributed by atoms with Crippen LogP contribution in [0.15, 0.2) is 11.4 Å². The second-order valence-corrected chi connectivity index (χ2v) is 5.73. The summed E-state index contributed by atoms with van der Waals surface area (Å²) < 4.78 is 0. The summed E-state index contributed by atoms with van der Waals surface area (Å²) >= 11 is 1.25. The Balaban J connectivity index is 0.00000200. The molecule has 1 aromatic rings. The fourth-order valence-corrected chi connectivity index (χ4v) is 3.04. The Kier molecular flexibility index (Phi) is 6.98. The monoisotopic (exact) mass is 317 g/mol. The Morgan fingerprint density at radius 2 is 2.30 bits per heavy atom. The third kappa shape index (κ3) is 4.77. The van der Waals surface area contributed by atoms with Crippen LogP contribution in [-0.4, -0.2) is 31.4 Å². The molecule has 1 unspecified atom stereocenters. The minimum atomic E-state index is -0.497. The molecule has 7 heteroatoms. The Morgan fingerprint density at radius 1 is 1.50 bits per heavy atom. The first kappa shape index (κ1) is 16.9. The summed E-state index contributed by atoms with van der Waals surface area (Å²) in [7, 11) is 0. The number of amides is 2. The lowest BCUT2D eigenvalue weighted by Gasteiger charge is -2.22. The normalized spacial score (nSPS) is 18.1. The van der Waals surface area contributed by atoms with Gasteiger partial charge < -0.3 is 16.4 Å². The minimum Gasteiger partial charge on any atom is -0.366 e. The quantitative estimate of drug-likeness (QED) is 0.767. The molecule has 5 nitrogen and oxygen atoms in total. The lowest BCUT2D eigenvalue weighted by atomic mass is 9.96. The van der Waals surface area contributed by atoms with Crippen molar-refractivity contribution in [1.29, 1.82) is 0 Å². The number of nitrogens with two attached hydrogens (primary N) is 1. The van der Waals surface area contributed by atoms with E-state index in [0.29, 0.717) is 22.9 Å². The molecular weight excluding hydrogens is 298 g/mol. The second kappa shape index (κ2) is 8.24. The van der Waals surface area contributed by atoms with Crippen LogP contribution in [0.1, 0.15) is 39.3 Å². The lowest BCUT2D eigenvalue weighted by Crippen LogP contribution is -2.33. The number of hydrogen-bond donors (Lipinski definition) is 3. The van der Waals surface area contributed by atoms with Gasteiger partial charge in [-0.3, -0.25) is 9.59 Å². The van der Waals surface area contributed by atoms with E-state index in [9.17, 15) is 9.59 Å². The molecule has 1 aliphatic heterocycles. The van der Waals surface area contributed by atoms with Gasteiger partial charge in [-0.15, -0.1) is 23.7 Å². The van der Waals surface area contributed by atoms with Crippen molar-refractivity contribution < 1.29 is 9.59 Å². The second-order valence-electron chi connectivity index (χ2n) is 4.82. The Bertz CT molecular complexity index is 458. The molecule has 2 rings (SSSR count). The highest BCUT2D eigenvalue weighted by Gasteiger charge is 2.14. The fourth-order valence-electron chi connectivity index (χ4n) is 2.23. The van der Waals surface area contributed by atoms with Gasteiger partial charge in [-0.05, 0) is 44.3 Å². The van der Waals surface area contributed by atoms with E-state index in [1.54, 1.807) is 11.4 Å². The highest BCUT2D eigenvalue weighted by Crippen LogP contribution is 2.15. The average Bonchev–Trinajstić information content (AvgIpc) is 2.89. The number of rotatable bonds is 5. The number of nitrogens with one attached hydrogen (secondary N) is 2. The molecule has 0 saturated carbocycles. The van der Waals surface area contributed by atoms with Crippen LogP contribution in [0, 0.1) is 5.92 Å². The van der Waals surface area contributed by atoms with Crippen molar-refractivity contribution in [3.05, 3.63) is 21.9 Å². The van der Waals surface area contributed by atoms with Gasteiger partial charge >= 0.3 is 0 Å². The smallest absolute Gasteiger partial charge is 0.261 e. The van der Waals surface area contributed by atoms with E-state index < -0.39 is 5.91 Å². The van der Waals surface area contributed by atoms with Gasteiger partial charge in [0.15, 0.2) is 0 Å². The highest BCUT2D eigenvalue weighted by atomic mass is 35.5. The molecule has 1 aromatic heterocycles. The van der Waals surface area contributed by atoms with E-state index in [2.05, 4.69) is 10.6 Å². The van der Waals surface area contributed by atoms with E-state index in [-0.39, 0.29) is 18.3 Å². The maximum atomic E-state index is 11.9. The van der Waals surface area contributed by atoms with Crippen LogP contribution in [0.4, 0.5) is 0 Å². The minimum absolute atomic E-state index is 0. The zero-order chi connectivity index (χ0) is 13.7. The van der Waals surface area contributed by atoms with Gasteiger partial charge in [0.2, 0.25) is 5.91 Å². The van der Waals surface area contributed by atoms with Crippen molar-refractivity contribution in [3.8, 4) is 0 Å². The third-order valence-electron chi connectivity index (χ3n) is 3.34. The van der Waals surface area contributed by atoms with Gasteiger partial charge in [0.1, 0.15) is 0 Å². The largest absolute Gasteiger partial charge is 0.366 e. The highest BCUT2D eigenvalue weighted by molar-refractivity contribution is 7.12. The summed E-state index contributed by atoms with van der Waals surface area (Å²) in [5.41, 5.74) is 5.55. The molecule has 0 aromatic carbocycles. The summed E-state index contributed by atoms with van der Waals surface area (Å²) in [5.74, 6) is 0.0309. The fraction of sp³-hybridized carbons (Fsp3) is 0.538. The molecule has 1 atom stereocenters. The molecule has 20 heavy (non-hydrogen) atoms. The van der Waals surface area contributed by atoms with Crippen molar-refractivity contribution in [2.75, 3.05) is 19.6 Å². The number of halogens is 1. The van der Waals surface area contributed by atoms with E-state index in [1.165, 1.54) is 24.2 Å². The first-order valence-electron chi connectivity index (χ1n) is 6.54. The molecule has 0 spiro atoms. The summed E-state index contributed by atoms with van der Waals surface area (Å²) in [6.07, 6.45) is 3.44. The van der Waals surface area contributed by atoms with E-state index >= 15 is 0 Å². The van der Waals surface area contributed by atoms with Crippen LogP contribution in [0.2, 0.25) is 0 Å². The Hall–Kier alpha value is -1.11. The van der Waals surface area contributed by atoms with Crippen LogP contribution in [0.5, 0.6) is 0 Å². The molecule has 1 fully saturated rings. The standard InChI is InChI=1S/C13H19N3O2S.ClH/c14-12(17)10-6-11(19-8-10)13(18)16-5-3-9-2-1-4-15-7-9;/h6,8-9,15H,1-5,7H2,(H2,14,17)(H,16,18);1H. The van der Waals surface area contributed by atoms with E-state index in [4.69, 9.17) is 5.73 Å². The van der Waals surface area contributed by atoms with Gasteiger partial charge in [-0.1, -0.05) is 0 Å². The van der Waals surface area contributed by atoms with Crippen LogP contribution in [0.3, 0.4) is 0 Å². The zero-order valence-electron chi connectivity index (χ0n) is 11.2. The lowest BCUT2D eigenvalue weighted by molar-refractivity contribution is 0.0954. The molecule has 1 aliphatic rings. The maximum absolute atomic E-state index is 11.9. The van der Waals surface area contributed by atoms with Crippen molar-refractivity contribution >= 4 is 35.6 Å². The summed E-state index contributed by atoms with van der Waals surface area (Å²) in [5, 5.41) is 7.86. The number of carbonyl (C=O) groups is 2. The van der Waals surface area contributed by atoms with Gasteiger partial charge in [-0.2, -0.15) is 0 Å². The van der Waals surface area contributed by atoms with Crippen molar-refractivity contribution in [1.82, 2.24) is 10.6 Å². The predicted molar refractivity (Wildman–Crippen MR) is 82.6 cm³/mol. The first-order valence-corrected chi connectivity index (χ1v) is 7.42. The molecule has 2 amide bonds. The Morgan fingerprint density at radius 3 is 2.90 bits per heavy atom. The summed E-state index contributed by atoms with van der Waals surface area (Å²) in [6, 6.07) is 1.55. The summed E-state index contributed by atoms with van der Waals surface area (Å²) in [4.78, 5) is 23.3. The van der Waals surface area contributed by atoms with Gasteiger partial charge in [0, 0.05) is 11.9 Å². The van der Waals surface area contributed by atoms with Crippen molar-refractivity contribution in [2.24, 2.45) is 11.7 Å². The van der Waals surface area contributed by atoms with Gasteiger partial charge in [-0.25, -0.2) is 0 Å². The molecule has 0 bridgehead atoms. The molecule has 112 valence electrons. The van der Waals surface area contributed by atoms with E-state index in [1.807, 2.05) is 0 Å². The molecule has 1 saturated heterocycles. The van der Waals surface area contributed by atoms with Crippen LogP contribution in [-0.2, 0) is 0 Å². The SMILES string of the molecule is Cl.NC(=O)c1csc(C(=O)NCCC2CCCNC2)c1. The maximum Gasteiger partial charge on any atom is 0.261 e. The third-order valence-corrected chi connectivity index (χ3v) is 4.27. The predicted octanol–water partition coefficient (Wildman–Crippen LogP) is 1.39. The Labute approximate surface area is 128 Å². The molecule has 4 N–H and O–H groups in total. The van der Waals surface area contributed by atoms with Crippen LogP contribution < -0.4 is 16.4 Å². The van der Waals surface area contributed by atoms with Gasteiger partial charge in [0.25, 0.3) is 5.91 Å². The first-order chi connectivity index (χ1) is 9.16. The molecule has 2 heterocycles. The van der Waals surface area contributed by atoms with Crippen LogP contribution >= 0.6 is 23.7 Å². The number of hydrogen-bond acceptors (Lipinski definition) is 4. The molecule has 0 radical (unpaired) electrons. The summed E-state index contributed by atoms with van der Waals surface area (Å²) in [6.45, 7) is 2.82. The van der Waals surface area contributed by atoms with Crippen LogP contribution in [0.25, 0.3) is 0 Å². The van der Waals surface area contributed by atoms with Gasteiger partial charge in [0.05, 0.1) is 10.4 Å². The number of carbonyl (C=O) groups excluding carboxylic acids is 2. The molecular formula is C13H20ClN3O2S. The van der Waals surface area contributed by atoms with Crippen molar-refractivity contribution in [2.45, 2.75) is 19.3 Å². The average molecular weight is 318 g/mol. The zero-order valence-corrected chi connectivity index (χ0v) is 12.8. The van der Waals surface area contributed by atoms with Crippen molar-refractivity contribution in [3.63, 3.8) is 0 Å².